The Morgan fingerprint density at radius 1 is 1.47 bits per heavy atom. The molecule has 3 nitrogen and oxygen atoms in total. The first kappa shape index (κ1) is 12.5. The molecule has 1 saturated carbocycles. The molecule has 0 saturated heterocycles. The van der Waals surface area contributed by atoms with Crippen molar-refractivity contribution >= 4 is 17.3 Å². The Morgan fingerprint density at radius 2 is 2.18 bits per heavy atom. The van der Waals surface area contributed by atoms with Crippen LogP contribution in [0.2, 0.25) is 5.02 Å². The minimum absolute atomic E-state index is 0.318. The Kier molecular flexibility index (Phi) is 3.50. The predicted molar refractivity (Wildman–Crippen MR) is 72.0 cm³/mol. The molecular formula is C13H19ClN2O. The van der Waals surface area contributed by atoms with E-state index in [-0.39, 0.29) is 0 Å². The lowest BCUT2D eigenvalue weighted by atomic mass is 10.1. The molecular weight excluding hydrogens is 236 g/mol. The van der Waals surface area contributed by atoms with Gasteiger partial charge in [0.05, 0.1) is 12.1 Å². The summed E-state index contributed by atoms with van der Waals surface area (Å²) in [7, 11) is 1.63. The maximum Gasteiger partial charge on any atom is 0.137 e. The molecule has 1 aromatic rings. The third-order valence-electron chi connectivity index (χ3n) is 3.54. The number of nitrogens with one attached hydrogen (secondary N) is 1. The van der Waals surface area contributed by atoms with E-state index in [1.54, 1.807) is 7.11 Å². The number of hydrogen-bond acceptors (Lipinski definition) is 3. The molecule has 0 bridgehead atoms. The van der Waals surface area contributed by atoms with Gasteiger partial charge < -0.3 is 15.8 Å². The van der Waals surface area contributed by atoms with Crippen LogP contribution < -0.4 is 15.8 Å². The Hall–Kier alpha value is -0.930. The number of rotatable bonds is 5. The highest BCUT2D eigenvalue weighted by Gasteiger charge is 2.40. The molecule has 1 aliphatic rings. The molecule has 17 heavy (non-hydrogen) atoms. The minimum atomic E-state index is 0.318. The normalized spacial score (nSPS) is 16.7. The van der Waals surface area contributed by atoms with Gasteiger partial charge in [0.1, 0.15) is 5.75 Å². The summed E-state index contributed by atoms with van der Waals surface area (Å²) in [6.45, 7) is 3.72. The summed E-state index contributed by atoms with van der Waals surface area (Å²) < 4.78 is 5.18. The van der Waals surface area contributed by atoms with E-state index < -0.39 is 0 Å². The monoisotopic (exact) mass is 254 g/mol. The molecule has 0 spiro atoms. The van der Waals surface area contributed by atoms with Crippen LogP contribution in [0.5, 0.6) is 5.75 Å². The first-order valence-corrected chi connectivity index (χ1v) is 6.26. The van der Waals surface area contributed by atoms with Gasteiger partial charge in [-0.15, -0.1) is 0 Å². The van der Waals surface area contributed by atoms with Gasteiger partial charge in [0.25, 0.3) is 0 Å². The van der Waals surface area contributed by atoms with Crippen molar-refractivity contribution < 1.29 is 4.74 Å². The van der Waals surface area contributed by atoms with Crippen molar-refractivity contribution in [2.75, 3.05) is 25.5 Å². The van der Waals surface area contributed by atoms with Crippen LogP contribution in [0.4, 0.5) is 5.69 Å². The molecule has 0 atom stereocenters. The van der Waals surface area contributed by atoms with Crippen molar-refractivity contribution in [1.29, 1.82) is 0 Å². The number of benzene rings is 1. The van der Waals surface area contributed by atoms with Gasteiger partial charge in [-0.05, 0) is 49.4 Å². The second-order valence-corrected chi connectivity index (χ2v) is 5.27. The second-order valence-electron chi connectivity index (χ2n) is 4.86. The highest BCUT2D eigenvalue weighted by atomic mass is 35.5. The van der Waals surface area contributed by atoms with Crippen molar-refractivity contribution in [3.05, 3.63) is 22.7 Å². The van der Waals surface area contributed by atoms with E-state index >= 15 is 0 Å². The average molecular weight is 255 g/mol. The lowest BCUT2D eigenvalue weighted by Gasteiger charge is -2.17. The van der Waals surface area contributed by atoms with Crippen LogP contribution in [-0.4, -0.2) is 20.2 Å². The molecule has 0 amide bonds. The van der Waals surface area contributed by atoms with Gasteiger partial charge in [-0.2, -0.15) is 0 Å². The number of hydrogen-bond donors (Lipinski definition) is 2. The summed E-state index contributed by atoms with van der Waals surface area (Å²) in [6.07, 6.45) is 2.44. The molecule has 1 fully saturated rings. The Labute approximate surface area is 107 Å². The molecule has 4 heteroatoms. The largest absolute Gasteiger partial charge is 0.495 e. The second kappa shape index (κ2) is 4.75. The number of ether oxygens (including phenoxy) is 1. The average Bonchev–Trinajstić information content (AvgIpc) is 3.10. The van der Waals surface area contributed by atoms with Gasteiger partial charge in [-0.1, -0.05) is 11.6 Å². The Bertz CT molecular complexity index is 416. The van der Waals surface area contributed by atoms with Crippen LogP contribution in [-0.2, 0) is 0 Å². The molecule has 94 valence electrons. The van der Waals surface area contributed by atoms with Crippen molar-refractivity contribution in [3.63, 3.8) is 0 Å². The number of halogens is 1. The fraction of sp³-hybridized carbons (Fsp3) is 0.538. The van der Waals surface area contributed by atoms with Gasteiger partial charge in [-0.25, -0.2) is 0 Å². The summed E-state index contributed by atoms with van der Waals surface area (Å²) in [5.41, 5.74) is 8.28. The number of aryl methyl sites for hydroxylation is 1. The Balaban J connectivity index is 2.08. The van der Waals surface area contributed by atoms with E-state index in [9.17, 15) is 0 Å². The zero-order valence-electron chi connectivity index (χ0n) is 10.3. The maximum absolute atomic E-state index is 6.11. The molecule has 0 radical (unpaired) electrons. The molecule has 2 rings (SSSR count). The quantitative estimate of drug-likeness (QED) is 0.850. The van der Waals surface area contributed by atoms with Gasteiger partial charge in [-0.3, -0.25) is 0 Å². The van der Waals surface area contributed by atoms with E-state index in [0.29, 0.717) is 10.4 Å². The number of methoxy groups -OCH3 is 1. The summed E-state index contributed by atoms with van der Waals surface area (Å²) in [4.78, 5) is 0. The number of anilines is 1. The zero-order chi connectivity index (χ0) is 12.5. The van der Waals surface area contributed by atoms with Crippen molar-refractivity contribution in [2.45, 2.75) is 19.8 Å². The van der Waals surface area contributed by atoms with Crippen molar-refractivity contribution in [2.24, 2.45) is 11.1 Å². The zero-order valence-corrected chi connectivity index (χ0v) is 11.1. The van der Waals surface area contributed by atoms with E-state index in [1.165, 1.54) is 12.8 Å². The third-order valence-corrected chi connectivity index (χ3v) is 3.84. The van der Waals surface area contributed by atoms with Crippen LogP contribution in [0.1, 0.15) is 18.4 Å². The predicted octanol–water partition coefficient (Wildman–Crippen LogP) is 2.81. The van der Waals surface area contributed by atoms with Gasteiger partial charge in [0.2, 0.25) is 0 Å². The lowest BCUT2D eigenvalue weighted by molar-refractivity contribution is 0.415. The fourth-order valence-corrected chi connectivity index (χ4v) is 2.16. The van der Waals surface area contributed by atoms with Crippen LogP contribution in [0.25, 0.3) is 0 Å². The fourth-order valence-electron chi connectivity index (χ4n) is 1.91. The highest BCUT2D eigenvalue weighted by molar-refractivity contribution is 6.32. The van der Waals surface area contributed by atoms with Crippen LogP contribution in [0.15, 0.2) is 12.1 Å². The molecule has 1 aromatic carbocycles. The lowest BCUT2D eigenvalue weighted by Crippen LogP contribution is -2.24. The topological polar surface area (TPSA) is 47.3 Å². The minimum Gasteiger partial charge on any atom is -0.495 e. The first-order chi connectivity index (χ1) is 8.10. The Morgan fingerprint density at radius 3 is 2.71 bits per heavy atom. The van der Waals surface area contributed by atoms with Crippen LogP contribution >= 0.6 is 11.6 Å². The van der Waals surface area contributed by atoms with Crippen molar-refractivity contribution in [3.8, 4) is 5.75 Å². The summed E-state index contributed by atoms with van der Waals surface area (Å²) in [5.74, 6) is 0.717. The molecule has 0 unspecified atom stereocenters. The van der Waals surface area contributed by atoms with E-state index in [1.807, 2.05) is 19.1 Å². The molecule has 0 aliphatic heterocycles. The number of nitrogens with two attached hydrogens (primary N) is 1. The maximum atomic E-state index is 6.11. The third kappa shape index (κ3) is 2.67. The van der Waals surface area contributed by atoms with Crippen LogP contribution in [0, 0.1) is 12.3 Å². The SMILES string of the molecule is COc1cc(C)c(NCC2(CN)CC2)cc1Cl. The smallest absolute Gasteiger partial charge is 0.137 e. The molecule has 0 heterocycles. The summed E-state index contributed by atoms with van der Waals surface area (Å²) in [6, 6.07) is 3.87. The first-order valence-electron chi connectivity index (χ1n) is 5.88. The van der Waals surface area contributed by atoms with Gasteiger partial charge >= 0.3 is 0 Å². The standard InChI is InChI=1S/C13H19ClN2O/c1-9-5-12(17-2)10(14)6-11(9)16-8-13(7-15)3-4-13/h5-6,16H,3-4,7-8,15H2,1-2H3. The van der Waals surface area contributed by atoms with E-state index in [0.717, 1.165) is 30.1 Å². The molecule has 0 aromatic heterocycles. The molecule has 1 aliphatic carbocycles. The summed E-state index contributed by atoms with van der Waals surface area (Å²) >= 11 is 6.11. The molecule has 3 N–H and O–H groups in total. The van der Waals surface area contributed by atoms with E-state index in [2.05, 4.69) is 5.32 Å². The highest BCUT2D eigenvalue weighted by Crippen LogP contribution is 2.44. The van der Waals surface area contributed by atoms with Crippen LogP contribution in [0.3, 0.4) is 0 Å². The van der Waals surface area contributed by atoms with Crippen molar-refractivity contribution in [1.82, 2.24) is 0 Å². The summed E-state index contributed by atoms with van der Waals surface area (Å²) in [5, 5.41) is 4.08. The van der Waals surface area contributed by atoms with Gasteiger partial charge in [0.15, 0.2) is 0 Å². The van der Waals surface area contributed by atoms with E-state index in [4.69, 9.17) is 22.1 Å². The van der Waals surface area contributed by atoms with Gasteiger partial charge in [0, 0.05) is 12.2 Å².